The zero-order valence-electron chi connectivity index (χ0n) is 10.1. The number of rotatable bonds is 2. The maximum absolute atomic E-state index is 12.2. The molecule has 1 aromatic rings. The lowest BCUT2D eigenvalue weighted by Crippen LogP contribution is -2.40. The first kappa shape index (κ1) is 13.6. The van der Waals surface area contributed by atoms with Gasteiger partial charge in [-0.1, -0.05) is 0 Å². The number of benzene rings is 1. The highest BCUT2D eigenvalue weighted by Gasteiger charge is 2.23. The van der Waals surface area contributed by atoms with Gasteiger partial charge in [-0.15, -0.1) is 0 Å². The van der Waals surface area contributed by atoms with Crippen LogP contribution in [-0.4, -0.2) is 35.5 Å². The van der Waals surface area contributed by atoms with Gasteiger partial charge in [0, 0.05) is 18.7 Å². The molecule has 98 valence electrons. The summed E-state index contributed by atoms with van der Waals surface area (Å²) in [6.07, 6.45) is 1.94. The minimum absolute atomic E-state index is 0.00262. The van der Waals surface area contributed by atoms with Crippen molar-refractivity contribution in [3.05, 3.63) is 27.3 Å². The van der Waals surface area contributed by atoms with Crippen LogP contribution in [0.25, 0.3) is 0 Å². The molecule has 0 aliphatic carbocycles. The van der Waals surface area contributed by atoms with Gasteiger partial charge in [0.15, 0.2) is 0 Å². The number of aromatic hydroxyl groups is 1. The lowest BCUT2D eigenvalue weighted by molar-refractivity contribution is 0.0693. The van der Waals surface area contributed by atoms with Crippen molar-refractivity contribution in [2.45, 2.75) is 12.8 Å². The maximum atomic E-state index is 12.2. The summed E-state index contributed by atoms with van der Waals surface area (Å²) in [5, 5.41) is 9.63. The fourth-order valence-electron chi connectivity index (χ4n) is 2.20. The molecule has 1 heterocycles. The number of halogens is 1. The van der Waals surface area contributed by atoms with Crippen molar-refractivity contribution in [3.8, 4) is 5.75 Å². The minimum atomic E-state index is -0.00262. The molecule has 5 heteroatoms. The molecule has 0 aromatic heterocycles. The number of hydrogen-bond acceptors (Lipinski definition) is 3. The molecule has 2 rings (SSSR count). The average Bonchev–Trinajstić information content (AvgIpc) is 2.41. The van der Waals surface area contributed by atoms with Gasteiger partial charge in [-0.05, 0) is 66.1 Å². The molecule has 0 atom stereocenters. The van der Waals surface area contributed by atoms with Gasteiger partial charge < -0.3 is 15.7 Å². The predicted molar refractivity (Wildman–Crippen MR) is 78.5 cm³/mol. The van der Waals surface area contributed by atoms with Crippen molar-refractivity contribution in [3.63, 3.8) is 0 Å². The summed E-state index contributed by atoms with van der Waals surface area (Å²) in [6, 6.07) is 5.06. The Labute approximate surface area is 120 Å². The number of piperidine rings is 1. The van der Waals surface area contributed by atoms with Gasteiger partial charge >= 0.3 is 0 Å². The quantitative estimate of drug-likeness (QED) is 0.791. The van der Waals surface area contributed by atoms with Crippen LogP contribution < -0.4 is 5.73 Å². The molecular formula is C13H17IN2O2. The fourth-order valence-corrected chi connectivity index (χ4v) is 2.54. The number of hydrogen-bond donors (Lipinski definition) is 2. The standard InChI is InChI=1S/C13H17IN2O2/c14-11-2-1-10(7-12(11)17)13(18)16-5-3-9(8-15)4-6-16/h1-2,7,9,17H,3-6,8,15H2. The summed E-state index contributed by atoms with van der Waals surface area (Å²) in [5.74, 6) is 0.703. The molecular weight excluding hydrogens is 343 g/mol. The molecule has 1 aliphatic rings. The maximum Gasteiger partial charge on any atom is 0.253 e. The third-order valence-corrected chi connectivity index (χ3v) is 4.34. The van der Waals surface area contributed by atoms with Crippen LogP contribution in [0, 0.1) is 9.49 Å². The molecule has 1 amide bonds. The zero-order valence-corrected chi connectivity index (χ0v) is 12.3. The summed E-state index contributed by atoms with van der Waals surface area (Å²) in [5.41, 5.74) is 6.19. The van der Waals surface area contributed by atoms with Crippen LogP contribution in [-0.2, 0) is 0 Å². The summed E-state index contributed by atoms with van der Waals surface area (Å²) in [6.45, 7) is 2.22. The number of phenolic OH excluding ortho intramolecular Hbond substituents is 1. The molecule has 1 aromatic carbocycles. The Balaban J connectivity index is 2.05. The van der Waals surface area contributed by atoms with Crippen molar-refractivity contribution < 1.29 is 9.90 Å². The van der Waals surface area contributed by atoms with Crippen molar-refractivity contribution in [2.75, 3.05) is 19.6 Å². The van der Waals surface area contributed by atoms with E-state index in [9.17, 15) is 9.90 Å². The van der Waals surface area contributed by atoms with E-state index in [-0.39, 0.29) is 11.7 Å². The molecule has 3 N–H and O–H groups in total. The van der Waals surface area contributed by atoms with Crippen LogP contribution in [0.15, 0.2) is 18.2 Å². The van der Waals surface area contributed by atoms with E-state index in [2.05, 4.69) is 0 Å². The Morgan fingerprint density at radius 1 is 1.44 bits per heavy atom. The van der Waals surface area contributed by atoms with E-state index in [1.807, 2.05) is 27.5 Å². The molecule has 0 spiro atoms. The van der Waals surface area contributed by atoms with E-state index in [1.165, 1.54) is 0 Å². The second kappa shape index (κ2) is 5.88. The fraction of sp³-hybridized carbons (Fsp3) is 0.462. The first-order chi connectivity index (χ1) is 8.61. The molecule has 18 heavy (non-hydrogen) atoms. The normalized spacial score (nSPS) is 16.9. The van der Waals surface area contributed by atoms with Gasteiger partial charge in [0.2, 0.25) is 0 Å². The smallest absolute Gasteiger partial charge is 0.253 e. The Morgan fingerprint density at radius 2 is 2.11 bits per heavy atom. The van der Waals surface area contributed by atoms with Gasteiger partial charge in [0.25, 0.3) is 5.91 Å². The molecule has 0 saturated carbocycles. The molecule has 1 aliphatic heterocycles. The van der Waals surface area contributed by atoms with Crippen LogP contribution >= 0.6 is 22.6 Å². The van der Waals surface area contributed by atoms with E-state index in [0.717, 1.165) is 29.5 Å². The van der Waals surface area contributed by atoms with Gasteiger partial charge in [-0.3, -0.25) is 4.79 Å². The minimum Gasteiger partial charge on any atom is -0.507 e. The SMILES string of the molecule is NCC1CCN(C(=O)c2ccc(I)c(O)c2)CC1. The first-order valence-electron chi connectivity index (χ1n) is 6.09. The topological polar surface area (TPSA) is 66.6 Å². The highest BCUT2D eigenvalue weighted by atomic mass is 127. The van der Waals surface area contributed by atoms with E-state index in [1.54, 1.807) is 18.2 Å². The summed E-state index contributed by atoms with van der Waals surface area (Å²) >= 11 is 2.04. The second-order valence-electron chi connectivity index (χ2n) is 4.64. The number of carbonyl (C=O) groups excluding carboxylic acids is 1. The van der Waals surface area contributed by atoms with E-state index >= 15 is 0 Å². The van der Waals surface area contributed by atoms with Crippen molar-refractivity contribution in [1.82, 2.24) is 4.90 Å². The average molecular weight is 360 g/mol. The number of phenols is 1. The summed E-state index contributed by atoms with van der Waals surface area (Å²) in [7, 11) is 0. The Bertz CT molecular complexity index is 443. The first-order valence-corrected chi connectivity index (χ1v) is 7.17. The van der Waals surface area contributed by atoms with Crippen LogP contribution in [0.3, 0.4) is 0 Å². The number of nitrogens with zero attached hydrogens (tertiary/aromatic N) is 1. The largest absolute Gasteiger partial charge is 0.507 e. The molecule has 1 fully saturated rings. The molecule has 1 saturated heterocycles. The van der Waals surface area contributed by atoms with E-state index < -0.39 is 0 Å². The van der Waals surface area contributed by atoms with Crippen molar-refractivity contribution in [2.24, 2.45) is 11.7 Å². The highest BCUT2D eigenvalue weighted by molar-refractivity contribution is 14.1. The monoisotopic (exact) mass is 360 g/mol. The van der Waals surface area contributed by atoms with Gasteiger partial charge in [-0.25, -0.2) is 0 Å². The highest BCUT2D eigenvalue weighted by Crippen LogP contribution is 2.23. The Hall–Kier alpha value is -0.820. The summed E-state index contributed by atoms with van der Waals surface area (Å²) < 4.78 is 0.756. The third-order valence-electron chi connectivity index (χ3n) is 3.43. The number of amides is 1. The van der Waals surface area contributed by atoms with E-state index in [4.69, 9.17) is 5.73 Å². The lowest BCUT2D eigenvalue weighted by atomic mass is 9.96. The van der Waals surface area contributed by atoms with E-state index in [0.29, 0.717) is 18.0 Å². The predicted octanol–water partition coefficient (Wildman–Crippen LogP) is 1.81. The summed E-state index contributed by atoms with van der Waals surface area (Å²) in [4.78, 5) is 14.1. The van der Waals surface area contributed by atoms with Crippen LogP contribution in [0.2, 0.25) is 0 Å². The molecule has 0 radical (unpaired) electrons. The van der Waals surface area contributed by atoms with Gasteiger partial charge in [-0.2, -0.15) is 0 Å². The van der Waals surface area contributed by atoms with Crippen LogP contribution in [0.5, 0.6) is 5.75 Å². The Kier molecular flexibility index (Phi) is 4.45. The van der Waals surface area contributed by atoms with Crippen molar-refractivity contribution >= 4 is 28.5 Å². The van der Waals surface area contributed by atoms with Gasteiger partial charge in [0.05, 0.1) is 3.57 Å². The lowest BCUT2D eigenvalue weighted by Gasteiger charge is -2.31. The molecule has 4 nitrogen and oxygen atoms in total. The Morgan fingerprint density at radius 3 is 2.67 bits per heavy atom. The second-order valence-corrected chi connectivity index (χ2v) is 5.80. The number of carbonyl (C=O) groups is 1. The third kappa shape index (κ3) is 2.95. The zero-order chi connectivity index (χ0) is 13.1. The molecule has 0 bridgehead atoms. The van der Waals surface area contributed by atoms with Gasteiger partial charge in [0.1, 0.15) is 5.75 Å². The molecule has 0 unspecified atom stereocenters. The van der Waals surface area contributed by atoms with Crippen LogP contribution in [0.4, 0.5) is 0 Å². The number of nitrogens with two attached hydrogens (primary N) is 1. The van der Waals surface area contributed by atoms with Crippen LogP contribution in [0.1, 0.15) is 23.2 Å². The van der Waals surface area contributed by atoms with Crippen molar-refractivity contribution in [1.29, 1.82) is 0 Å². The number of likely N-dealkylation sites (tertiary alicyclic amines) is 1.